The molecule has 0 N–H and O–H groups in total. The summed E-state index contributed by atoms with van der Waals surface area (Å²) in [6.45, 7) is 13.1. The Hall–Kier alpha value is -2.78. The number of benzene rings is 2. The fraction of sp³-hybridized carbons (Fsp3) is 0.387. The number of rotatable bonds is 10. The zero-order valence-corrected chi connectivity index (χ0v) is 22.8. The van der Waals surface area contributed by atoms with Gasteiger partial charge in [-0.2, -0.15) is 0 Å². The summed E-state index contributed by atoms with van der Waals surface area (Å²) in [5.41, 5.74) is 11.4. The largest absolute Gasteiger partial charge is 0.254 e. The summed E-state index contributed by atoms with van der Waals surface area (Å²) in [5.74, 6) is 0. The molecule has 0 spiro atoms. The molecule has 1 heterocycles. The minimum Gasteiger partial charge on any atom is -0.254 e. The molecule has 0 aliphatic rings. The molecule has 0 unspecified atom stereocenters. The van der Waals surface area contributed by atoms with E-state index in [1.807, 2.05) is 24.6 Å². The van der Waals surface area contributed by atoms with Gasteiger partial charge >= 0.3 is 0 Å². The Morgan fingerprint density at radius 1 is 0.571 bits per heavy atom. The lowest BCUT2D eigenvalue weighted by Crippen LogP contribution is -1.97. The Labute approximate surface area is 216 Å². The second kappa shape index (κ2) is 12.8. The van der Waals surface area contributed by atoms with Crippen molar-refractivity contribution in [3.05, 3.63) is 86.2 Å². The highest BCUT2D eigenvalue weighted by Gasteiger charge is 2.09. The second-order valence-corrected chi connectivity index (χ2v) is 9.23. The van der Waals surface area contributed by atoms with Crippen LogP contribution in [0.4, 0.5) is 11.4 Å². The molecule has 4 heteroatoms. The molecule has 2 aromatic carbocycles. The standard InChI is InChI=1S/C31H38ClN3/c1-7-21-13-23(9-3)30(24(10-4)14-21)33-19-28-17-27(32)18-29(35-28)20-34-31-25(11-5)15-22(8-2)16-26(31)12-6/h13-20H,7-12H2,1-6H3. The summed E-state index contributed by atoms with van der Waals surface area (Å²) in [6, 6.07) is 12.8. The van der Waals surface area contributed by atoms with Crippen molar-refractivity contribution in [2.75, 3.05) is 0 Å². The number of pyridine rings is 1. The van der Waals surface area contributed by atoms with Crippen LogP contribution in [0.25, 0.3) is 0 Å². The first kappa shape index (κ1) is 26.8. The minimum absolute atomic E-state index is 0.628. The number of aryl methyl sites for hydroxylation is 6. The number of aliphatic imine (C=N–C) groups is 2. The Morgan fingerprint density at radius 2 is 0.914 bits per heavy atom. The lowest BCUT2D eigenvalue weighted by molar-refractivity contribution is 1.04. The Balaban J connectivity index is 1.97. The maximum atomic E-state index is 6.46. The quantitative estimate of drug-likeness (QED) is 0.264. The highest BCUT2D eigenvalue weighted by Crippen LogP contribution is 2.29. The van der Waals surface area contributed by atoms with E-state index in [1.54, 1.807) is 0 Å². The van der Waals surface area contributed by atoms with Crippen LogP contribution in [-0.4, -0.2) is 17.4 Å². The molecule has 0 amide bonds. The van der Waals surface area contributed by atoms with Crippen LogP contribution in [0.15, 0.2) is 46.4 Å². The van der Waals surface area contributed by atoms with Crippen LogP contribution in [0.3, 0.4) is 0 Å². The zero-order chi connectivity index (χ0) is 25.4. The van der Waals surface area contributed by atoms with Crippen molar-refractivity contribution in [3.8, 4) is 0 Å². The van der Waals surface area contributed by atoms with Crippen LogP contribution < -0.4 is 0 Å². The molecule has 0 saturated heterocycles. The summed E-state index contributed by atoms with van der Waals surface area (Å²) < 4.78 is 0. The van der Waals surface area contributed by atoms with Gasteiger partial charge in [0, 0.05) is 5.02 Å². The molecular formula is C31H38ClN3. The molecule has 35 heavy (non-hydrogen) atoms. The fourth-order valence-electron chi connectivity index (χ4n) is 4.41. The van der Waals surface area contributed by atoms with Gasteiger partial charge in [-0.25, -0.2) is 4.98 Å². The van der Waals surface area contributed by atoms with Gasteiger partial charge < -0.3 is 0 Å². The molecule has 3 rings (SSSR count). The summed E-state index contributed by atoms with van der Waals surface area (Å²) in [5, 5.41) is 0.628. The SMILES string of the molecule is CCc1cc(CC)c(N=Cc2cc(Cl)cc(C=Nc3c(CC)cc(CC)cc3CC)n2)c(CC)c1. The van der Waals surface area contributed by atoms with Crippen molar-refractivity contribution in [2.45, 2.75) is 80.1 Å². The predicted molar refractivity (Wildman–Crippen MR) is 153 cm³/mol. The molecule has 0 fully saturated rings. The van der Waals surface area contributed by atoms with Crippen molar-refractivity contribution in [1.82, 2.24) is 4.98 Å². The van der Waals surface area contributed by atoms with Crippen molar-refractivity contribution < 1.29 is 0 Å². The van der Waals surface area contributed by atoms with E-state index in [4.69, 9.17) is 26.6 Å². The van der Waals surface area contributed by atoms with Gasteiger partial charge in [0.2, 0.25) is 0 Å². The van der Waals surface area contributed by atoms with Crippen LogP contribution in [0.5, 0.6) is 0 Å². The van der Waals surface area contributed by atoms with Crippen LogP contribution in [0, 0.1) is 0 Å². The maximum Gasteiger partial charge on any atom is 0.0835 e. The summed E-state index contributed by atoms with van der Waals surface area (Å²) >= 11 is 6.46. The molecule has 0 bridgehead atoms. The predicted octanol–water partition coefficient (Wildman–Crippen LogP) is 8.61. The monoisotopic (exact) mass is 487 g/mol. The third kappa shape index (κ3) is 6.67. The molecule has 0 saturated carbocycles. The molecule has 0 atom stereocenters. The topological polar surface area (TPSA) is 37.6 Å². The maximum absolute atomic E-state index is 6.46. The van der Waals surface area contributed by atoms with Crippen LogP contribution >= 0.6 is 11.6 Å². The van der Waals surface area contributed by atoms with Gasteiger partial charge in [-0.1, -0.05) is 77.4 Å². The van der Waals surface area contributed by atoms with Crippen molar-refractivity contribution in [3.63, 3.8) is 0 Å². The van der Waals surface area contributed by atoms with E-state index in [9.17, 15) is 0 Å². The Kier molecular flexibility index (Phi) is 9.80. The molecule has 184 valence electrons. The van der Waals surface area contributed by atoms with E-state index >= 15 is 0 Å². The first-order chi connectivity index (χ1) is 17.0. The highest BCUT2D eigenvalue weighted by molar-refractivity contribution is 6.31. The smallest absolute Gasteiger partial charge is 0.0835 e. The van der Waals surface area contributed by atoms with Gasteiger partial charge in [-0.15, -0.1) is 0 Å². The average molecular weight is 488 g/mol. The van der Waals surface area contributed by atoms with Crippen molar-refractivity contribution >= 4 is 35.4 Å². The lowest BCUT2D eigenvalue weighted by Gasteiger charge is -2.12. The first-order valence-electron chi connectivity index (χ1n) is 13.0. The number of nitrogens with zero attached hydrogens (tertiary/aromatic N) is 3. The van der Waals surface area contributed by atoms with Crippen LogP contribution in [0.2, 0.25) is 5.02 Å². The van der Waals surface area contributed by atoms with E-state index in [-0.39, 0.29) is 0 Å². The molecular weight excluding hydrogens is 450 g/mol. The molecule has 0 radical (unpaired) electrons. The van der Waals surface area contributed by atoms with Gasteiger partial charge in [0.05, 0.1) is 35.2 Å². The summed E-state index contributed by atoms with van der Waals surface area (Å²) in [6.07, 6.45) is 9.51. The zero-order valence-electron chi connectivity index (χ0n) is 22.1. The van der Waals surface area contributed by atoms with E-state index in [2.05, 4.69) is 65.8 Å². The third-order valence-electron chi connectivity index (χ3n) is 6.48. The van der Waals surface area contributed by atoms with E-state index in [0.29, 0.717) is 5.02 Å². The van der Waals surface area contributed by atoms with E-state index < -0.39 is 0 Å². The van der Waals surface area contributed by atoms with Crippen molar-refractivity contribution in [2.24, 2.45) is 9.98 Å². The average Bonchev–Trinajstić information content (AvgIpc) is 2.89. The van der Waals surface area contributed by atoms with Crippen molar-refractivity contribution in [1.29, 1.82) is 0 Å². The normalized spacial score (nSPS) is 11.7. The van der Waals surface area contributed by atoms with Gasteiger partial charge in [0.1, 0.15) is 0 Å². The fourth-order valence-corrected chi connectivity index (χ4v) is 4.64. The van der Waals surface area contributed by atoms with Gasteiger partial charge in [-0.3, -0.25) is 9.98 Å². The molecule has 0 aliphatic carbocycles. The lowest BCUT2D eigenvalue weighted by atomic mass is 9.98. The highest BCUT2D eigenvalue weighted by atomic mass is 35.5. The summed E-state index contributed by atoms with van der Waals surface area (Å²) in [7, 11) is 0. The number of halogens is 1. The van der Waals surface area contributed by atoms with E-state index in [0.717, 1.165) is 61.3 Å². The Bertz CT molecular complexity index is 1080. The van der Waals surface area contributed by atoms with Crippen LogP contribution in [-0.2, 0) is 38.5 Å². The molecule has 3 aromatic rings. The number of aromatic nitrogens is 1. The van der Waals surface area contributed by atoms with E-state index in [1.165, 1.54) is 33.4 Å². The molecule has 0 aliphatic heterocycles. The van der Waals surface area contributed by atoms with Gasteiger partial charge in [0.15, 0.2) is 0 Å². The summed E-state index contributed by atoms with van der Waals surface area (Å²) in [4.78, 5) is 14.5. The van der Waals surface area contributed by atoms with Gasteiger partial charge in [-0.05, 0) is 84.0 Å². The third-order valence-corrected chi connectivity index (χ3v) is 6.70. The number of hydrogen-bond donors (Lipinski definition) is 0. The molecule has 3 nitrogen and oxygen atoms in total. The molecule has 1 aromatic heterocycles. The van der Waals surface area contributed by atoms with Gasteiger partial charge in [0.25, 0.3) is 0 Å². The minimum atomic E-state index is 0.628. The Morgan fingerprint density at radius 3 is 1.20 bits per heavy atom. The number of hydrogen-bond acceptors (Lipinski definition) is 3. The van der Waals surface area contributed by atoms with Crippen LogP contribution in [0.1, 0.15) is 86.3 Å². The second-order valence-electron chi connectivity index (χ2n) is 8.80. The first-order valence-corrected chi connectivity index (χ1v) is 13.4.